The Morgan fingerprint density at radius 1 is 1.11 bits per heavy atom. The summed E-state index contributed by atoms with van der Waals surface area (Å²) < 4.78 is 13.3. The molecule has 0 saturated carbocycles. The van der Waals surface area contributed by atoms with Crippen LogP contribution in [0.5, 0.6) is 11.5 Å². The van der Waals surface area contributed by atoms with Crippen LogP contribution in [-0.4, -0.2) is 50.8 Å². The number of imidazole rings is 1. The average Bonchev–Trinajstić information content (AvgIpc) is 3.59. The van der Waals surface area contributed by atoms with Gasteiger partial charge < -0.3 is 18.9 Å². The number of nitrogens with one attached hydrogen (secondary N) is 1. The molecule has 8 nitrogen and oxygen atoms in total. The van der Waals surface area contributed by atoms with E-state index in [1.54, 1.807) is 19.6 Å². The summed E-state index contributed by atoms with van der Waals surface area (Å²) in [5.74, 6) is 1.22. The molecule has 1 unspecified atom stereocenters. The molecule has 0 fully saturated rings. The maximum absolute atomic E-state index is 13.6. The van der Waals surface area contributed by atoms with Gasteiger partial charge in [-0.25, -0.2) is 4.98 Å². The maximum atomic E-state index is 13.6. The SMILES string of the molecule is CCOc1ccc(C2c3c(-c4ccc(Cl)cc4)n[nH]c3C(=O)N2CCCn2ccnc2)cc1OC. The molecular weight excluding hydrogens is 466 g/mol. The number of hydrogen-bond donors (Lipinski definition) is 1. The normalized spacial score (nSPS) is 14.9. The molecule has 0 aliphatic carbocycles. The van der Waals surface area contributed by atoms with Crippen molar-refractivity contribution in [2.24, 2.45) is 0 Å². The smallest absolute Gasteiger partial charge is 0.273 e. The van der Waals surface area contributed by atoms with Crippen LogP contribution in [0.2, 0.25) is 5.02 Å². The minimum Gasteiger partial charge on any atom is -0.493 e. The van der Waals surface area contributed by atoms with E-state index in [0.717, 1.165) is 35.3 Å². The van der Waals surface area contributed by atoms with Gasteiger partial charge in [0.1, 0.15) is 5.69 Å². The van der Waals surface area contributed by atoms with E-state index in [-0.39, 0.29) is 11.9 Å². The lowest BCUT2D eigenvalue weighted by molar-refractivity contribution is 0.0739. The number of rotatable bonds is 9. The summed E-state index contributed by atoms with van der Waals surface area (Å²) in [6, 6.07) is 13.0. The first-order chi connectivity index (χ1) is 17.1. The van der Waals surface area contributed by atoms with Crippen molar-refractivity contribution in [3.05, 3.63) is 83.0 Å². The van der Waals surface area contributed by atoms with Crippen molar-refractivity contribution in [3.8, 4) is 22.8 Å². The third-order valence-electron chi connectivity index (χ3n) is 6.16. The zero-order valence-corrected chi connectivity index (χ0v) is 20.3. The Balaban J connectivity index is 1.55. The second-order valence-corrected chi connectivity index (χ2v) is 8.70. The van der Waals surface area contributed by atoms with Crippen molar-refractivity contribution >= 4 is 17.5 Å². The zero-order chi connectivity index (χ0) is 24.4. The van der Waals surface area contributed by atoms with Crippen LogP contribution in [0.25, 0.3) is 11.3 Å². The van der Waals surface area contributed by atoms with Crippen molar-refractivity contribution in [1.29, 1.82) is 0 Å². The fourth-order valence-electron chi connectivity index (χ4n) is 4.57. The molecule has 0 bridgehead atoms. The van der Waals surface area contributed by atoms with Crippen LogP contribution in [0.15, 0.2) is 61.2 Å². The van der Waals surface area contributed by atoms with Gasteiger partial charge in [0.25, 0.3) is 5.91 Å². The first kappa shape index (κ1) is 23.0. The monoisotopic (exact) mass is 491 g/mol. The molecule has 5 rings (SSSR count). The van der Waals surface area contributed by atoms with Gasteiger partial charge in [-0.15, -0.1) is 0 Å². The molecule has 1 atom stereocenters. The van der Waals surface area contributed by atoms with Crippen LogP contribution >= 0.6 is 11.6 Å². The van der Waals surface area contributed by atoms with Crippen molar-refractivity contribution in [2.45, 2.75) is 25.9 Å². The Kier molecular flexibility index (Phi) is 6.46. The number of hydrogen-bond acceptors (Lipinski definition) is 5. The number of fused-ring (bicyclic) bond motifs is 1. The van der Waals surface area contributed by atoms with Crippen molar-refractivity contribution in [2.75, 3.05) is 20.3 Å². The topological polar surface area (TPSA) is 85.3 Å². The van der Waals surface area contributed by atoms with E-state index in [9.17, 15) is 4.79 Å². The quantitative estimate of drug-likeness (QED) is 0.357. The predicted molar refractivity (Wildman–Crippen MR) is 133 cm³/mol. The van der Waals surface area contributed by atoms with Gasteiger partial charge in [0.2, 0.25) is 0 Å². The summed E-state index contributed by atoms with van der Waals surface area (Å²) in [6.07, 6.45) is 6.24. The number of H-pyrrole nitrogens is 1. The third-order valence-corrected chi connectivity index (χ3v) is 6.41. The van der Waals surface area contributed by atoms with Crippen LogP contribution in [0, 0.1) is 0 Å². The lowest BCUT2D eigenvalue weighted by Gasteiger charge is -2.27. The summed E-state index contributed by atoms with van der Waals surface area (Å²) in [5, 5.41) is 8.17. The highest BCUT2D eigenvalue weighted by atomic mass is 35.5. The number of amides is 1. The van der Waals surface area contributed by atoms with E-state index < -0.39 is 0 Å². The van der Waals surface area contributed by atoms with Gasteiger partial charge in [0.05, 0.1) is 31.8 Å². The highest BCUT2D eigenvalue weighted by Gasteiger charge is 2.42. The van der Waals surface area contributed by atoms with Crippen LogP contribution in [-0.2, 0) is 6.54 Å². The maximum Gasteiger partial charge on any atom is 0.273 e. The van der Waals surface area contributed by atoms with E-state index in [1.165, 1.54) is 0 Å². The highest BCUT2D eigenvalue weighted by molar-refractivity contribution is 6.30. The molecule has 9 heteroatoms. The van der Waals surface area contributed by atoms with E-state index in [4.69, 9.17) is 21.1 Å². The van der Waals surface area contributed by atoms with E-state index in [1.807, 2.05) is 65.1 Å². The number of carbonyl (C=O) groups excluding carboxylic acids is 1. The lowest BCUT2D eigenvalue weighted by atomic mass is 9.95. The van der Waals surface area contributed by atoms with Gasteiger partial charge in [0.15, 0.2) is 11.5 Å². The standard InChI is InChI=1S/C26H26ClN5O3/c1-3-35-20-10-7-18(15-21(20)34-2)25-22-23(17-5-8-19(27)9-6-17)29-30-24(22)26(33)32(25)13-4-12-31-14-11-28-16-31/h5-11,14-16,25H,3-4,12-13H2,1-2H3,(H,29,30). The van der Waals surface area contributed by atoms with Gasteiger partial charge in [-0.1, -0.05) is 29.8 Å². The minimum absolute atomic E-state index is 0.0730. The number of benzene rings is 2. The molecule has 4 aromatic rings. The molecule has 2 aromatic carbocycles. The van der Waals surface area contributed by atoms with Crippen molar-refractivity contribution in [1.82, 2.24) is 24.6 Å². The Hall–Kier alpha value is -3.78. The van der Waals surface area contributed by atoms with Crippen molar-refractivity contribution in [3.63, 3.8) is 0 Å². The van der Waals surface area contributed by atoms with Crippen LogP contribution in [0.3, 0.4) is 0 Å². The van der Waals surface area contributed by atoms with Crippen LogP contribution in [0.1, 0.15) is 41.0 Å². The number of aromatic amines is 1. The van der Waals surface area contributed by atoms with Crippen LogP contribution in [0.4, 0.5) is 0 Å². The Bertz CT molecular complexity index is 1320. The first-order valence-corrected chi connectivity index (χ1v) is 11.9. The number of aromatic nitrogens is 4. The summed E-state index contributed by atoms with van der Waals surface area (Å²) in [7, 11) is 1.62. The number of carbonyl (C=O) groups is 1. The van der Waals surface area contributed by atoms with E-state index in [0.29, 0.717) is 35.4 Å². The predicted octanol–water partition coefficient (Wildman–Crippen LogP) is 4.97. The number of methoxy groups -OCH3 is 1. The Morgan fingerprint density at radius 2 is 1.94 bits per heavy atom. The van der Waals surface area contributed by atoms with Gasteiger partial charge in [0, 0.05) is 41.6 Å². The van der Waals surface area contributed by atoms with Gasteiger partial charge in [-0.05, 0) is 43.2 Å². The average molecular weight is 492 g/mol. The summed E-state index contributed by atoms with van der Waals surface area (Å²) >= 11 is 6.11. The number of nitrogens with zero attached hydrogens (tertiary/aromatic N) is 4. The van der Waals surface area contributed by atoms with E-state index >= 15 is 0 Å². The second kappa shape index (κ2) is 9.84. The molecule has 3 heterocycles. The fourth-order valence-corrected chi connectivity index (χ4v) is 4.70. The number of ether oxygens (including phenoxy) is 2. The molecule has 1 aliphatic rings. The molecule has 2 aromatic heterocycles. The summed E-state index contributed by atoms with van der Waals surface area (Å²) in [5.41, 5.74) is 3.92. The zero-order valence-electron chi connectivity index (χ0n) is 19.6. The lowest BCUT2D eigenvalue weighted by Crippen LogP contribution is -2.31. The molecule has 0 spiro atoms. The van der Waals surface area contributed by atoms with Gasteiger partial charge in [-0.3, -0.25) is 9.89 Å². The third kappa shape index (κ3) is 4.37. The summed E-state index contributed by atoms with van der Waals surface area (Å²) in [6.45, 7) is 3.80. The largest absolute Gasteiger partial charge is 0.493 e. The molecule has 0 radical (unpaired) electrons. The molecule has 35 heavy (non-hydrogen) atoms. The van der Waals surface area contributed by atoms with Crippen molar-refractivity contribution < 1.29 is 14.3 Å². The molecule has 1 N–H and O–H groups in total. The minimum atomic E-state index is -0.325. The molecule has 180 valence electrons. The summed E-state index contributed by atoms with van der Waals surface area (Å²) in [4.78, 5) is 19.6. The second-order valence-electron chi connectivity index (χ2n) is 8.27. The highest BCUT2D eigenvalue weighted by Crippen LogP contribution is 2.44. The Morgan fingerprint density at radius 3 is 2.66 bits per heavy atom. The fraction of sp³-hybridized carbons (Fsp3) is 0.269. The van der Waals surface area contributed by atoms with E-state index in [2.05, 4.69) is 15.2 Å². The van der Waals surface area contributed by atoms with Crippen LogP contribution < -0.4 is 9.47 Å². The first-order valence-electron chi connectivity index (χ1n) is 11.5. The molecular formula is C26H26ClN5O3. The molecule has 0 saturated heterocycles. The number of halogens is 1. The van der Waals surface area contributed by atoms with Gasteiger partial charge >= 0.3 is 0 Å². The van der Waals surface area contributed by atoms with Gasteiger partial charge in [-0.2, -0.15) is 5.10 Å². The molecule has 1 amide bonds. The Labute approximate surface area is 208 Å². The molecule has 1 aliphatic heterocycles. The number of aryl methyl sites for hydroxylation is 1.